The van der Waals surface area contributed by atoms with Crippen LogP contribution in [0.1, 0.15) is 18.5 Å². The molecule has 0 spiro atoms. The van der Waals surface area contributed by atoms with E-state index in [9.17, 15) is 19.7 Å². The number of rotatable bonds is 3. The molecule has 28 heavy (non-hydrogen) atoms. The van der Waals surface area contributed by atoms with Crippen LogP contribution in [0.4, 0.5) is 11.4 Å². The van der Waals surface area contributed by atoms with Gasteiger partial charge in [-0.05, 0) is 25.8 Å². The normalized spacial score (nSPS) is 16.9. The summed E-state index contributed by atoms with van der Waals surface area (Å²) < 4.78 is 0. The van der Waals surface area contributed by atoms with E-state index in [0.717, 1.165) is 18.5 Å². The lowest BCUT2D eigenvalue weighted by Crippen LogP contribution is -2.53. The van der Waals surface area contributed by atoms with Gasteiger partial charge in [-0.3, -0.25) is 19.7 Å². The highest BCUT2D eigenvalue weighted by Crippen LogP contribution is 2.32. The molecule has 1 saturated heterocycles. The number of carbonyl (C=O) groups excluding carboxylic acids is 2. The van der Waals surface area contributed by atoms with Gasteiger partial charge in [-0.1, -0.05) is 12.1 Å². The van der Waals surface area contributed by atoms with Crippen molar-refractivity contribution in [2.45, 2.75) is 25.8 Å². The average Bonchev–Trinajstić information content (AvgIpc) is 3.50. The maximum absolute atomic E-state index is 12.3. The van der Waals surface area contributed by atoms with E-state index in [1.54, 1.807) is 11.0 Å². The molecule has 9 heteroatoms. The van der Waals surface area contributed by atoms with Crippen LogP contribution in [0, 0.1) is 17.0 Å². The first-order chi connectivity index (χ1) is 13.4. The predicted octanol–water partition coefficient (Wildman–Crippen LogP) is 1.38. The van der Waals surface area contributed by atoms with Crippen LogP contribution in [0.15, 0.2) is 24.3 Å². The van der Waals surface area contributed by atoms with E-state index in [1.165, 1.54) is 6.07 Å². The summed E-state index contributed by atoms with van der Waals surface area (Å²) in [6.45, 7) is 3.75. The van der Waals surface area contributed by atoms with E-state index in [0.29, 0.717) is 42.8 Å². The van der Waals surface area contributed by atoms with Crippen molar-refractivity contribution in [2.75, 3.05) is 31.1 Å². The van der Waals surface area contributed by atoms with Crippen molar-refractivity contribution >= 4 is 34.1 Å². The van der Waals surface area contributed by atoms with Gasteiger partial charge in [0, 0.05) is 55.1 Å². The molecule has 1 aromatic carbocycles. The minimum atomic E-state index is -0.531. The monoisotopic (exact) mass is 383 g/mol. The SMILES string of the molecule is Cc1cc(N2CCN(C(=O)C(=O)NC3CC3)CC2)c2cccc([N+](=O)[O-])c2n1. The van der Waals surface area contributed by atoms with Crippen LogP contribution in [-0.2, 0) is 9.59 Å². The number of fused-ring (bicyclic) bond motifs is 1. The van der Waals surface area contributed by atoms with Crippen molar-refractivity contribution in [2.24, 2.45) is 0 Å². The van der Waals surface area contributed by atoms with Crippen molar-refractivity contribution < 1.29 is 14.5 Å². The van der Waals surface area contributed by atoms with Crippen LogP contribution >= 0.6 is 0 Å². The Balaban J connectivity index is 1.54. The third-order valence-electron chi connectivity index (χ3n) is 5.14. The molecule has 146 valence electrons. The molecule has 1 aliphatic heterocycles. The molecular formula is C19H21N5O4. The lowest BCUT2D eigenvalue weighted by atomic mass is 10.1. The molecule has 2 heterocycles. The number of pyridine rings is 1. The van der Waals surface area contributed by atoms with Crippen LogP contribution < -0.4 is 10.2 Å². The number of benzene rings is 1. The Bertz CT molecular complexity index is 964. The van der Waals surface area contributed by atoms with E-state index in [1.807, 2.05) is 19.1 Å². The number of para-hydroxylation sites is 1. The number of carbonyl (C=O) groups is 2. The summed E-state index contributed by atoms with van der Waals surface area (Å²) in [5.41, 5.74) is 1.90. The summed E-state index contributed by atoms with van der Waals surface area (Å²) in [4.78, 5) is 43.2. The number of nitro benzene ring substituents is 1. The first-order valence-electron chi connectivity index (χ1n) is 9.33. The fraction of sp³-hybridized carbons (Fsp3) is 0.421. The van der Waals surface area contributed by atoms with Gasteiger partial charge in [0.15, 0.2) is 5.52 Å². The first kappa shape index (κ1) is 18.1. The van der Waals surface area contributed by atoms with Gasteiger partial charge in [-0.15, -0.1) is 0 Å². The number of nitrogens with one attached hydrogen (secondary N) is 1. The highest BCUT2D eigenvalue weighted by Gasteiger charge is 2.31. The highest BCUT2D eigenvalue weighted by molar-refractivity contribution is 6.35. The van der Waals surface area contributed by atoms with Gasteiger partial charge in [0.25, 0.3) is 5.69 Å². The molecular weight excluding hydrogens is 362 g/mol. The Kier molecular flexibility index (Phi) is 4.58. The van der Waals surface area contributed by atoms with Crippen molar-refractivity contribution in [3.63, 3.8) is 0 Å². The summed E-state index contributed by atoms with van der Waals surface area (Å²) in [7, 11) is 0. The molecule has 0 unspecified atom stereocenters. The Labute approximate surface area is 161 Å². The average molecular weight is 383 g/mol. The molecule has 4 rings (SSSR count). The van der Waals surface area contributed by atoms with Crippen LogP contribution in [0.3, 0.4) is 0 Å². The second-order valence-corrected chi connectivity index (χ2v) is 7.24. The van der Waals surface area contributed by atoms with Gasteiger partial charge in [0.2, 0.25) is 0 Å². The summed E-state index contributed by atoms with van der Waals surface area (Å²) in [5, 5.41) is 14.8. The maximum atomic E-state index is 12.3. The van der Waals surface area contributed by atoms with E-state index in [4.69, 9.17) is 0 Å². The number of nitrogens with zero attached hydrogens (tertiary/aromatic N) is 4. The van der Waals surface area contributed by atoms with Crippen LogP contribution in [0.25, 0.3) is 10.9 Å². The molecule has 1 saturated carbocycles. The topological polar surface area (TPSA) is 109 Å². The lowest BCUT2D eigenvalue weighted by molar-refractivity contribution is -0.383. The Morgan fingerprint density at radius 2 is 1.93 bits per heavy atom. The summed E-state index contributed by atoms with van der Waals surface area (Å²) in [5.74, 6) is -1.02. The Morgan fingerprint density at radius 1 is 1.21 bits per heavy atom. The summed E-state index contributed by atoms with van der Waals surface area (Å²) in [6.07, 6.45) is 1.88. The van der Waals surface area contributed by atoms with E-state index in [2.05, 4.69) is 15.2 Å². The smallest absolute Gasteiger partial charge is 0.312 e. The molecule has 1 aromatic heterocycles. The van der Waals surface area contributed by atoms with Crippen molar-refractivity contribution in [1.29, 1.82) is 0 Å². The molecule has 1 N–H and O–H groups in total. The quantitative estimate of drug-likeness (QED) is 0.487. The zero-order chi connectivity index (χ0) is 19.8. The van der Waals surface area contributed by atoms with E-state index < -0.39 is 16.7 Å². The molecule has 2 amide bonds. The largest absolute Gasteiger partial charge is 0.367 e. The molecule has 2 fully saturated rings. The number of hydrogen-bond donors (Lipinski definition) is 1. The number of aromatic nitrogens is 1. The zero-order valence-corrected chi connectivity index (χ0v) is 15.6. The van der Waals surface area contributed by atoms with Crippen LogP contribution in [0.5, 0.6) is 0 Å². The molecule has 0 radical (unpaired) electrons. The van der Waals surface area contributed by atoms with Gasteiger partial charge in [0.1, 0.15) is 0 Å². The van der Waals surface area contributed by atoms with Crippen molar-refractivity contribution in [1.82, 2.24) is 15.2 Å². The minimum absolute atomic E-state index is 0.0204. The second kappa shape index (κ2) is 7.06. The third-order valence-corrected chi connectivity index (χ3v) is 5.14. The number of anilines is 1. The fourth-order valence-corrected chi connectivity index (χ4v) is 3.52. The highest BCUT2D eigenvalue weighted by atomic mass is 16.6. The number of nitro groups is 1. The fourth-order valence-electron chi connectivity index (χ4n) is 3.52. The number of aryl methyl sites for hydroxylation is 1. The molecule has 1 aliphatic carbocycles. The standard InChI is InChI=1S/C19H21N5O4/c1-12-11-16(14-3-2-4-15(24(27)28)17(14)20-12)22-7-9-23(10-8-22)19(26)18(25)21-13-5-6-13/h2-4,11,13H,5-10H2,1H3,(H,21,25). The maximum Gasteiger partial charge on any atom is 0.312 e. The van der Waals surface area contributed by atoms with Gasteiger partial charge in [0.05, 0.1) is 4.92 Å². The van der Waals surface area contributed by atoms with Crippen molar-refractivity contribution in [3.8, 4) is 0 Å². The molecule has 0 atom stereocenters. The van der Waals surface area contributed by atoms with Crippen LogP contribution in [-0.4, -0.2) is 58.8 Å². The molecule has 9 nitrogen and oxygen atoms in total. The number of piperazine rings is 1. The first-order valence-corrected chi connectivity index (χ1v) is 9.33. The van der Waals surface area contributed by atoms with E-state index in [-0.39, 0.29) is 11.7 Å². The van der Waals surface area contributed by atoms with Crippen molar-refractivity contribution in [3.05, 3.63) is 40.1 Å². The molecule has 2 aromatic rings. The lowest BCUT2D eigenvalue weighted by Gasteiger charge is -2.36. The number of hydrogen-bond acceptors (Lipinski definition) is 6. The van der Waals surface area contributed by atoms with Crippen LogP contribution in [0.2, 0.25) is 0 Å². The van der Waals surface area contributed by atoms with Gasteiger partial charge in [-0.25, -0.2) is 4.98 Å². The summed E-state index contributed by atoms with van der Waals surface area (Å²) in [6, 6.07) is 6.99. The van der Waals surface area contributed by atoms with Gasteiger partial charge in [-0.2, -0.15) is 0 Å². The van der Waals surface area contributed by atoms with E-state index >= 15 is 0 Å². The number of amides is 2. The Morgan fingerprint density at radius 3 is 2.57 bits per heavy atom. The minimum Gasteiger partial charge on any atom is -0.367 e. The molecule has 0 bridgehead atoms. The zero-order valence-electron chi connectivity index (χ0n) is 15.6. The molecule has 2 aliphatic rings. The predicted molar refractivity (Wildman–Crippen MR) is 103 cm³/mol. The van der Waals surface area contributed by atoms with Gasteiger partial charge < -0.3 is 15.1 Å². The van der Waals surface area contributed by atoms with Gasteiger partial charge >= 0.3 is 11.8 Å². The second-order valence-electron chi connectivity index (χ2n) is 7.24. The Hall–Kier alpha value is -3.23. The number of non-ortho nitro benzene ring substituents is 1. The summed E-state index contributed by atoms with van der Waals surface area (Å²) >= 11 is 0. The third kappa shape index (κ3) is 3.47.